The van der Waals surface area contributed by atoms with Crippen molar-refractivity contribution in [2.75, 3.05) is 0 Å². The predicted molar refractivity (Wildman–Crippen MR) is 83.0 cm³/mol. The predicted octanol–water partition coefficient (Wildman–Crippen LogP) is 4.16. The third kappa shape index (κ3) is 2.89. The maximum atomic E-state index is 11.8. The number of rotatable bonds is 4. The van der Waals surface area contributed by atoms with Crippen LogP contribution >= 0.6 is 22.7 Å². The third-order valence-corrected chi connectivity index (χ3v) is 4.34. The minimum Gasteiger partial charge on any atom is -0.288 e. The normalized spacial score (nSPS) is 11.0. The van der Waals surface area contributed by atoms with Gasteiger partial charge >= 0.3 is 0 Å². The summed E-state index contributed by atoms with van der Waals surface area (Å²) in [6, 6.07) is 9.41. The van der Waals surface area contributed by atoms with Crippen LogP contribution in [0.2, 0.25) is 0 Å². The summed E-state index contributed by atoms with van der Waals surface area (Å²) >= 11 is 2.96. The average Bonchev–Trinajstić information content (AvgIpc) is 3.17. The quantitative estimate of drug-likeness (QED) is 0.536. The van der Waals surface area contributed by atoms with Crippen LogP contribution in [0.15, 0.2) is 53.4 Å². The summed E-state index contributed by atoms with van der Waals surface area (Å²) in [7, 11) is 0. The number of nitrogens with zero attached hydrogens (tertiary/aromatic N) is 2. The number of hydrogen-bond acceptors (Lipinski definition) is 5. The highest BCUT2D eigenvalue weighted by Crippen LogP contribution is 2.22. The lowest BCUT2D eigenvalue weighted by Crippen LogP contribution is -1.88. The minimum atomic E-state index is 0.00684. The Labute approximate surface area is 124 Å². The summed E-state index contributed by atoms with van der Waals surface area (Å²) in [5.74, 6) is 0.00684. The summed E-state index contributed by atoms with van der Waals surface area (Å²) in [5.41, 5.74) is 1.63. The molecule has 0 saturated carbocycles. The average molecular weight is 298 g/mol. The molecule has 3 aromatic heterocycles. The second-order valence-electron chi connectivity index (χ2n) is 3.97. The van der Waals surface area contributed by atoms with Crippen molar-refractivity contribution < 1.29 is 4.79 Å². The second-order valence-corrected chi connectivity index (χ2v) is 5.77. The Morgan fingerprint density at radius 2 is 2.10 bits per heavy atom. The monoisotopic (exact) mass is 298 g/mol. The van der Waals surface area contributed by atoms with Crippen LogP contribution in [-0.2, 0) is 0 Å². The van der Waals surface area contributed by atoms with Gasteiger partial charge in [0.15, 0.2) is 5.78 Å². The molecule has 0 saturated heterocycles. The molecule has 0 amide bonds. The smallest absolute Gasteiger partial charge is 0.195 e. The zero-order chi connectivity index (χ0) is 13.8. The molecule has 0 spiro atoms. The lowest BCUT2D eigenvalue weighted by molar-refractivity contribution is 0.105. The summed E-state index contributed by atoms with van der Waals surface area (Å²) in [4.78, 5) is 21.3. The van der Waals surface area contributed by atoms with Gasteiger partial charge in [-0.3, -0.25) is 9.78 Å². The molecule has 0 bridgehead atoms. The fourth-order valence-electron chi connectivity index (χ4n) is 1.63. The Morgan fingerprint density at radius 1 is 1.15 bits per heavy atom. The molecule has 3 rings (SSSR count). The summed E-state index contributed by atoms with van der Waals surface area (Å²) in [5, 5.41) is 4.67. The van der Waals surface area contributed by atoms with Gasteiger partial charge in [0.2, 0.25) is 0 Å². The highest BCUT2D eigenvalue weighted by atomic mass is 32.1. The molecule has 0 fully saturated rings. The Balaban J connectivity index is 1.76. The molecule has 3 nitrogen and oxygen atoms in total. The van der Waals surface area contributed by atoms with E-state index in [0.717, 1.165) is 21.3 Å². The maximum Gasteiger partial charge on any atom is 0.195 e. The Morgan fingerprint density at radius 3 is 2.85 bits per heavy atom. The van der Waals surface area contributed by atoms with E-state index in [0.29, 0.717) is 0 Å². The van der Waals surface area contributed by atoms with Gasteiger partial charge in [0.1, 0.15) is 5.01 Å². The van der Waals surface area contributed by atoms with Crippen molar-refractivity contribution in [1.82, 2.24) is 9.97 Å². The van der Waals surface area contributed by atoms with Crippen LogP contribution in [0.1, 0.15) is 15.4 Å². The van der Waals surface area contributed by atoms with Crippen LogP contribution in [0.3, 0.4) is 0 Å². The number of allylic oxidation sites excluding steroid dienone is 1. The number of carbonyl (C=O) groups is 1. The van der Waals surface area contributed by atoms with E-state index in [1.165, 1.54) is 22.7 Å². The molecule has 0 aliphatic rings. The first-order chi connectivity index (χ1) is 9.83. The van der Waals surface area contributed by atoms with Crippen molar-refractivity contribution in [3.8, 4) is 10.7 Å². The van der Waals surface area contributed by atoms with Crippen molar-refractivity contribution in [3.05, 3.63) is 63.9 Å². The first-order valence-corrected chi connectivity index (χ1v) is 7.72. The van der Waals surface area contributed by atoms with Gasteiger partial charge in [-0.15, -0.1) is 22.7 Å². The van der Waals surface area contributed by atoms with E-state index < -0.39 is 0 Å². The Hall–Kier alpha value is -2.11. The van der Waals surface area contributed by atoms with Crippen LogP contribution < -0.4 is 0 Å². The molecule has 0 N–H and O–H groups in total. The van der Waals surface area contributed by atoms with Crippen molar-refractivity contribution in [1.29, 1.82) is 0 Å². The molecular formula is C15H10N2OS2. The first kappa shape index (κ1) is 12.9. The van der Waals surface area contributed by atoms with Crippen LogP contribution in [0, 0.1) is 0 Å². The zero-order valence-corrected chi connectivity index (χ0v) is 12.0. The molecule has 0 unspecified atom stereocenters. The van der Waals surface area contributed by atoms with Gasteiger partial charge in [-0.05, 0) is 35.7 Å². The van der Waals surface area contributed by atoms with Crippen LogP contribution in [-0.4, -0.2) is 15.8 Å². The SMILES string of the molecule is O=C(/C=C/c1csc(-c2ccccn2)n1)c1cccs1. The second kappa shape index (κ2) is 5.90. The fourth-order valence-corrected chi connectivity index (χ4v) is 3.04. The molecule has 98 valence electrons. The number of hydrogen-bond donors (Lipinski definition) is 0. The molecule has 3 aromatic rings. The van der Waals surface area contributed by atoms with Crippen molar-refractivity contribution in [3.63, 3.8) is 0 Å². The van der Waals surface area contributed by atoms with Gasteiger partial charge in [0, 0.05) is 11.6 Å². The summed E-state index contributed by atoms with van der Waals surface area (Å²) in [6.07, 6.45) is 5.04. The van der Waals surface area contributed by atoms with E-state index in [2.05, 4.69) is 9.97 Å². The number of pyridine rings is 1. The van der Waals surface area contributed by atoms with Crippen LogP contribution in [0.25, 0.3) is 16.8 Å². The molecule has 0 radical (unpaired) electrons. The summed E-state index contributed by atoms with van der Waals surface area (Å²) in [6.45, 7) is 0. The van der Waals surface area contributed by atoms with Crippen LogP contribution in [0.4, 0.5) is 0 Å². The highest BCUT2D eigenvalue weighted by Gasteiger charge is 2.05. The molecular weight excluding hydrogens is 288 g/mol. The van der Waals surface area contributed by atoms with Gasteiger partial charge in [-0.2, -0.15) is 0 Å². The highest BCUT2D eigenvalue weighted by molar-refractivity contribution is 7.13. The van der Waals surface area contributed by atoms with Gasteiger partial charge < -0.3 is 0 Å². The molecule has 0 aliphatic heterocycles. The summed E-state index contributed by atoms with van der Waals surface area (Å²) < 4.78 is 0. The lowest BCUT2D eigenvalue weighted by atomic mass is 10.3. The Bertz CT molecular complexity index is 730. The number of aromatic nitrogens is 2. The molecule has 0 atom stereocenters. The standard InChI is InChI=1S/C15H10N2OS2/c18-13(14-5-3-9-19-14)7-6-11-10-20-15(17-11)12-4-1-2-8-16-12/h1-10H/b7-6+. The molecule has 0 aliphatic carbocycles. The van der Waals surface area contributed by atoms with Crippen molar-refractivity contribution >= 4 is 34.5 Å². The zero-order valence-electron chi connectivity index (χ0n) is 10.4. The van der Waals surface area contributed by atoms with Gasteiger partial charge in [-0.25, -0.2) is 4.98 Å². The number of carbonyl (C=O) groups excluding carboxylic acids is 1. The van der Waals surface area contributed by atoms with Gasteiger partial charge in [0.25, 0.3) is 0 Å². The van der Waals surface area contributed by atoms with E-state index in [9.17, 15) is 4.79 Å². The third-order valence-electron chi connectivity index (χ3n) is 2.58. The minimum absolute atomic E-state index is 0.00684. The number of ketones is 1. The largest absolute Gasteiger partial charge is 0.288 e. The van der Waals surface area contributed by atoms with E-state index in [4.69, 9.17) is 0 Å². The number of thiophene rings is 1. The number of thiazole rings is 1. The lowest BCUT2D eigenvalue weighted by Gasteiger charge is -1.92. The maximum absolute atomic E-state index is 11.8. The van der Waals surface area contributed by atoms with E-state index in [-0.39, 0.29) is 5.78 Å². The van der Waals surface area contributed by atoms with E-state index >= 15 is 0 Å². The van der Waals surface area contributed by atoms with Crippen molar-refractivity contribution in [2.24, 2.45) is 0 Å². The molecule has 0 aromatic carbocycles. The first-order valence-electron chi connectivity index (χ1n) is 5.96. The molecule has 3 heterocycles. The van der Waals surface area contributed by atoms with E-state index in [1.807, 2.05) is 41.1 Å². The van der Waals surface area contributed by atoms with E-state index in [1.54, 1.807) is 18.3 Å². The van der Waals surface area contributed by atoms with Crippen molar-refractivity contribution in [2.45, 2.75) is 0 Å². The topological polar surface area (TPSA) is 42.9 Å². The fraction of sp³-hybridized carbons (Fsp3) is 0. The van der Waals surface area contributed by atoms with Crippen LogP contribution in [0.5, 0.6) is 0 Å². The van der Waals surface area contributed by atoms with Gasteiger partial charge in [-0.1, -0.05) is 12.1 Å². The van der Waals surface area contributed by atoms with Gasteiger partial charge in [0.05, 0.1) is 16.3 Å². The molecule has 5 heteroatoms. The molecule has 20 heavy (non-hydrogen) atoms. The Kier molecular flexibility index (Phi) is 3.80.